The highest BCUT2D eigenvalue weighted by molar-refractivity contribution is 5.87. The van der Waals surface area contributed by atoms with Crippen LogP contribution in [0, 0.1) is 0 Å². The van der Waals surface area contributed by atoms with Crippen molar-refractivity contribution in [2.75, 3.05) is 26.4 Å². The largest absolute Gasteiger partial charge is 0.457 e. The van der Waals surface area contributed by atoms with Gasteiger partial charge >= 0.3 is 29.8 Å². The summed E-state index contributed by atoms with van der Waals surface area (Å²) in [5.41, 5.74) is -0.1000. The Hall–Kier alpha value is -2.21. The SMILES string of the molecule is C=C(C)C(=O)OC(COC(=O)C(F)(F)C1CCCO1)COC(=O)C(F)(F)C1CCCO1. The maximum atomic E-state index is 14.1. The second kappa shape index (κ2) is 10.4. The molecule has 0 saturated carbocycles. The van der Waals surface area contributed by atoms with Crippen molar-refractivity contribution in [3.8, 4) is 0 Å². The normalized spacial score (nSPS) is 22.6. The zero-order chi connectivity index (χ0) is 23.2. The van der Waals surface area contributed by atoms with Crippen molar-refractivity contribution >= 4 is 17.9 Å². The fourth-order valence-electron chi connectivity index (χ4n) is 2.89. The summed E-state index contributed by atoms with van der Waals surface area (Å²) in [6, 6.07) is 0. The van der Waals surface area contributed by atoms with Gasteiger partial charge < -0.3 is 23.7 Å². The van der Waals surface area contributed by atoms with Crippen LogP contribution >= 0.6 is 0 Å². The first kappa shape index (κ1) is 25.1. The summed E-state index contributed by atoms with van der Waals surface area (Å²) in [7, 11) is 0. The van der Waals surface area contributed by atoms with Crippen molar-refractivity contribution in [2.24, 2.45) is 0 Å². The Kier molecular flexibility index (Phi) is 8.41. The lowest BCUT2D eigenvalue weighted by atomic mass is 10.1. The second-order valence-electron chi connectivity index (χ2n) is 7.25. The van der Waals surface area contributed by atoms with Crippen molar-refractivity contribution in [3.63, 3.8) is 0 Å². The predicted molar refractivity (Wildman–Crippen MR) is 94.5 cm³/mol. The quantitative estimate of drug-likeness (QED) is 0.214. The highest BCUT2D eigenvalue weighted by Crippen LogP contribution is 2.31. The summed E-state index contributed by atoms with van der Waals surface area (Å²) in [6.45, 7) is 2.81. The first-order valence-electron chi connectivity index (χ1n) is 9.66. The molecule has 0 aromatic rings. The van der Waals surface area contributed by atoms with E-state index in [1.807, 2.05) is 0 Å². The van der Waals surface area contributed by atoms with E-state index in [0.29, 0.717) is 12.8 Å². The molecule has 0 aromatic carbocycles. The minimum atomic E-state index is -3.96. The third kappa shape index (κ3) is 6.39. The molecular weight excluding hydrogens is 432 g/mol. The maximum Gasteiger partial charge on any atom is 0.380 e. The Bertz CT molecular complexity index is 640. The number of halogens is 4. The van der Waals surface area contributed by atoms with Crippen molar-refractivity contribution in [2.45, 2.75) is 62.8 Å². The van der Waals surface area contributed by atoms with Crippen LogP contribution in [0.5, 0.6) is 0 Å². The Morgan fingerprint density at radius 2 is 1.35 bits per heavy atom. The lowest BCUT2D eigenvalue weighted by Crippen LogP contribution is -2.45. The van der Waals surface area contributed by atoms with Crippen LogP contribution in [0.3, 0.4) is 0 Å². The van der Waals surface area contributed by atoms with Gasteiger partial charge in [-0.2, -0.15) is 17.6 Å². The molecular formula is C19H24F4O8. The molecule has 0 N–H and O–H groups in total. The van der Waals surface area contributed by atoms with Crippen molar-refractivity contribution in [3.05, 3.63) is 12.2 Å². The van der Waals surface area contributed by atoms with E-state index in [0.717, 1.165) is 0 Å². The second-order valence-corrected chi connectivity index (χ2v) is 7.25. The van der Waals surface area contributed by atoms with Crippen LogP contribution in [-0.2, 0) is 38.1 Å². The van der Waals surface area contributed by atoms with Crippen LogP contribution in [0.25, 0.3) is 0 Å². The number of hydrogen-bond acceptors (Lipinski definition) is 8. The third-order valence-electron chi connectivity index (χ3n) is 4.64. The van der Waals surface area contributed by atoms with Gasteiger partial charge in [-0.25, -0.2) is 14.4 Å². The van der Waals surface area contributed by atoms with E-state index < -0.39 is 61.3 Å². The van der Waals surface area contributed by atoms with Crippen LogP contribution in [0.4, 0.5) is 17.6 Å². The molecule has 0 aromatic heterocycles. The van der Waals surface area contributed by atoms with Crippen molar-refractivity contribution in [1.29, 1.82) is 0 Å². The molecule has 31 heavy (non-hydrogen) atoms. The number of esters is 3. The molecule has 8 nitrogen and oxygen atoms in total. The molecule has 2 fully saturated rings. The molecule has 2 heterocycles. The highest BCUT2D eigenvalue weighted by atomic mass is 19.3. The fraction of sp³-hybridized carbons (Fsp3) is 0.737. The number of hydrogen-bond donors (Lipinski definition) is 0. The zero-order valence-corrected chi connectivity index (χ0v) is 16.9. The predicted octanol–water partition coefficient (Wildman–Crippen LogP) is 2.19. The van der Waals surface area contributed by atoms with Gasteiger partial charge in [-0.15, -0.1) is 0 Å². The Labute approximate surface area is 175 Å². The molecule has 0 radical (unpaired) electrons. The average Bonchev–Trinajstić information content (AvgIpc) is 3.43. The van der Waals surface area contributed by atoms with E-state index in [1.165, 1.54) is 6.92 Å². The van der Waals surface area contributed by atoms with Crippen LogP contribution < -0.4 is 0 Å². The van der Waals surface area contributed by atoms with Crippen LogP contribution in [0.2, 0.25) is 0 Å². The summed E-state index contributed by atoms with van der Waals surface area (Å²) in [5, 5.41) is 0. The van der Waals surface area contributed by atoms with Gasteiger partial charge in [-0.1, -0.05) is 6.58 Å². The number of carbonyl (C=O) groups excluding carboxylic acids is 3. The number of carbonyl (C=O) groups is 3. The molecule has 2 rings (SSSR count). The van der Waals surface area contributed by atoms with E-state index in [2.05, 4.69) is 16.1 Å². The zero-order valence-electron chi connectivity index (χ0n) is 16.9. The molecule has 2 unspecified atom stereocenters. The smallest absolute Gasteiger partial charge is 0.380 e. The number of rotatable bonds is 10. The molecule has 0 spiro atoms. The topological polar surface area (TPSA) is 97.4 Å². The van der Waals surface area contributed by atoms with Gasteiger partial charge in [-0.3, -0.25) is 0 Å². The van der Waals surface area contributed by atoms with Crippen molar-refractivity contribution < 1.29 is 55.6 Å². The summed E-state index contributed by atoms with van der Waals surface area (Å²) in [5.74, 6) is -12.8. The summed E-state index contributed by atoms with van der Waals surface area (Å²) in [6.07, 6.45) is -4.32. The molecule has 12 heteroatoms. The standard InChI is InChI=1S/C19H24F4O8/c1-11(2)15(24)31-12(9-29-16(25)18(20,21)13-5-3-7-27-13)10-30-17(26)19(22,23)14-6-4-8-28-14/h12-14H,1,3-10H2,2H3. The summed E-state index contributed by atoms with van der Waals surface area (Å²) >= 11 is 0. The van der Waals surface area contributed by atoms with Gasteiger partial charge in [0, 0.05) is 18.8 Å². The molecule has 0 aliphatic carbocycles. The third-order valence-corrected chi connectivity index (χ3v) is 4.64. The van der Waals surface area contributed by atoms with Gasteiger partial charge in [0.1, 0.15) is 25.4 Å². The number of ether oxygens (including phenoxy) is 5. The lowest BCUT2D eigenvalue weighted by molar-refractivity contribution is -0.200. The molecule has 2 aliphatic rings. The minimum Gasteiger partial charge on any atom is -0.457 e. The van der Waals surface area contributed by atoms with Crippen LogP contribution in [-0.4, -0.2) is 74.5 Å². The highest BCUT2D eigenvalue weighted by Gasteiger charge is 2.52. The Balaban J connectivity index is 1.96. The molecule has 2 saturated heterocycles. The minimum absolute atomic E-state index is 0.0495. The fourth-order valence-corrected chi connectivity index (χ4v) is 2.89. The van der Waals surface area contributed by atoms with E-state index >= 15 is 0 Å². The summed E-state index contributed by atoms with van der Waals surface area (Å²) < 4.78 is 79.8. The van der Waals surface area contributed by atoms with Gasteiger partial charge in [0.05, 0.1) is 0 Å². The lowest BCUT2D eigenvalue weighted by Gasteiger charge is -2.24. The number of alkyl halides is 4. The van der Waals surface area contributed by atoms with Crippen LogP contribution in [0.1, 0.15) is 32.6 Å². The first-order valence-corrected chi connectivity index (χ1v) is 9.66. The molecule has 176 valence electrons. The molecule has 0 bridgehead atoms. The van der Waals surface area contributed by atoms with Crippen LogP contribution in [0.15, 0.2) is 12.2 Å². The van der Waals surface area contributed by atoms with Crippen molar-refractivity contribution in [1.82, 2.24) is 0 Å². The molecule has 2 aliphatic heterocycles. The summed E-state index contributed by atoms with van der Waals surface area (Å²) in [4.78, 5) is 35.3. The maximum absolute atomic E-state index is 14.1. The van der Waals surface area contributed by atoms with E-state index in [1.54, 1.807) is 0 Å². The monoisotopic (exact) mass is 456 g/mol. The average molecular weight is 456 g/mol. The van der Waals surface area contributed by atoms with Gasteiger partial charge in [-0.05, 0) is 32.6 Å². The van der Waals surface area contributed by atoms with Gasteiger partial charge in [0.15, 0.2) is 6.10 Å². The van der Waals surface area contributed by atoms with E-state index in [4.69, 9.17) is 14.2 Å². The van der Waals surface area contributed by atoms with E-state index in [9.17, 15) is 31.9 Å². The first-order chi connectivity index (χ1) is 14.5. The van der Waals surface area contributed by atoms with Gasteiger partial charge in [0.25, 0.3) is 0 Å². The molecule has 0 amide bonds. The van der Waals surface area contributed by atoms with Gasteiger partial charge in [0.2, 0.25) is 0 Å². The molecule has 2 atom stereocenters. The van der Waals surface area contributed by atoms with E-state index in [-0.39, 0.29) is 31.6 Å². The Morgan fingerprint density at radius 3 is 1.68 bits per heavy atom. The Morgan fingerprint density at radius 1 is 0.935 bits per heavy atom.